The molecule has 0 unspecified atom stereocenters. The van der Waals surface area contributed by atoms with Crippen LogP contribution in [-0.4, -0.2) is 19.0 Å². The summed E-state index contributed by atoms with van der Waals surface area (Å²) in [5, 5.41) is 0. The third-order valence-electron chi connectivity index (χ3n) is 2.85. The van der Waals surface area contributed by atoms with E-state index in [0.717, 1.165) is 24.0 Å². The van der Waals surface area contributed by atoms with Crippen molar-refractivity contribution >= 4 is 5.57 Å². The van der Waals surface area contributed by atoms with Crippen LogP contribution in [0.2, 0.25) is 0 Å². The molecule has 0 atom stereocenters. The summed E-state index contributed by atoms with van der Waals surface area (Å²) in [5.41, 5.74) is 2.97. The Morgan fingerprint density at radius 3 is 2.44 bits per heavy atom. The molecule has 2 heteroatoms. The number of halogens is 1. The lowest BCUT2D eigenvalue weighted by Crippen LogP contribution is -2.04. The van der Waals surface area contributed by atoms with Gasteiger partial charge in [0.1, 0.15) is 5.82 Å². The summed E-state index contributed by atoms with van der Waals surface area (Å²) in [6.07, 6.45) is 3.78. The minimum atomic E-state index is -0.0941. The number of allylic oxidation sites excluding steroid dienone is 1. The number of hydrogen-bond donors (Lipinski definition) is 0. The van der Waals surface area contributed by atoms with Crippen molar-refractivity contribution in [2.75, 3.05) is 14.1 Å². The second kappa shape index (κ2) is 6.58. The van der Waals surface area contributed by atoms with Crippen molar-refractivity contribution in [1.29, 1.82) is 0 Å². The Morgan fingerprint density at radius 1 is 1.33 bits per heavy atom. The van der Waals surface area contributed by atoms with Crippen molar-refractivity contribution in [1.82, 2.24) is 4.90 Å². The van der Waals surface area contributed by atoms with Gasteiger partial charge in [-0.1, -0.05) is 32.9 Å². The van der Waals surface area contributed by atoms with Crippen LogP contribution in [0.5, 0.6) is 0 Å². The van der Waals surface area contributed by atoms with Crippen molar-refractivity contribution in [3.63, 3.8) is 0 Å². The molecule has 0 saturated heterocycles. The molecule has 0 aliphatic rings. The van der Waals surface area contributed by atoms with Gasteiger partial charge in [-0.25, -0.2) is 4.39 Å². The molecule has 18 heavy (non-hydrogen) atoms. The molecular formula is C16H24FN. The van der Waals surface area contributed by atoms with Crippen LogP contribution < -0.4 is 0 Å². The van der Waals surface area contributed by atoms with Gasteiger partial charge in [0.2, 0.25) is 0 Å². The van der Waals surface area contributed by atoms with Gasteiger partial charge in [-0.05, 0) is 41.5 Å². The van der Waals surface area contributed by atoms with Gasteiger partial charge in [0.05, 0.1) is 0 Å². The van der Waals surface area contributed by atoms with Crippen LogP contribution in [0.15, 0.2) is 24.4 Å². The molecule has 0 aromatic heterocycles. The van der Waals surface area contributed by atoms with Gasteiger partial charge in [0.15, 0.2) is 0 Å². The molecule has 0 amide bonds. The van der Waals surface area contributed by atoms with Gasteiger partial charge < -0.3 is 4.90 Å². The number of nitrogens with zero attached hydrogens (tertiary/aromatic N) is 1. The summed E-state index contributed by atoms with van der Waals surface area (Å²) in [7, 11) is 3.99. The van der Waals surface area contributed by atoms with Gasteiger partial charge in [0.25, 0.3) is 0 Å². The first-order valence-electron chi connectivity index (χ1n) is 6.60. The average molecular weight is 249 g/mol. The van der Waals surface area contributed by atoms with Crippen molar-refractivity contribution in [3.8, 4) is 0 Å². The van der Waals surface area contributed by atoms with Gasteiger partial charge in [-0.2, -0.15) is 0 Å². The largest absolute Gasteiger partial charge is 0.383 e. The molecule has 1 aromatic carbocycles. The zero-order valence-corrected chi connectivity index (χ0v) is 12.1. The number of benzene rings is 1. The van der Waals surface area contributed by atoms with Crippen LogP contribution in [-0.2, 0) is 6.42 Å². The SMILES string of the molecule is CCc1ccc(C(=CN(C)C)CC(C)C)cc1F. The van der Waals surface area contributed by atoms with E-state index in [-0.39, 0.29) is 5.82 Å². The van der Waals surface area contributed by atoms with E-state index in [1.807, 2.05) is 38.1 Å². The van der Waals surface area contributed by atoms with E-state index in [1.165, 1.54) is 5.57 Å². The molecule has 1 nitrogen and oxygen atoms in total. The fourth-order valence-electron chi connectivity index (χ4n) is 2.03. The highest BCUT2D eigenvalue weighted by Crippen LogP contribution is 2.24. The summed E-state index contributed by atoms with van der Waals surface area (Å²) in [6, 6.07) is 5.59. The van der Waals surface area contributed by atoms with Gasteiger partial charge >= 0.3 is 0 Å². The second-order valence-corrected chi connectivity index (χ2v) is 5.38. The summed E-state index contributed by atoms with van der Waals surface area (Å²) in [6.45, 7) is 6.34. The molecule has 0 heterocycles. The minimum Gasteiger partial charge on any atom is -0.383 e. The summed E-state index contributed by atoms with van der Waals surface area (Å²) < 4.78 is 13.8. The maximum atomic E-state index is 13.8. The first-order chi connectivity index (χ1) is 8.43. The van der Waals surface area contributed by atoms with Crippen molar-refractivity contribution < 1.29 is 4.39 Å². The molecule has 0 radical (unpaired) electrons. The van der Waals surface area contributed by atoms with Gasteiger partial charge in [-0.3, -0.25) is 0 Å². The van der Waals surface area contributed by atoms with Crippen molar-refractivity contribution in [3.05, 3.63) is 41.3 Å². The van der Waals surface area contributed by atoms with Crippen LogP contribution in [0.25, 0.3) is 5.57 Å². The third kappa shape index (κ3) is 4.17. The topological polar surface area (TPSA) is 3.24 Å². The molecule has 1 rings (SSSR count). The fraction of sp³-hybridized carbons (Fsp3) is 0.500. The normalized spacial score (nSPS) is 12.1. The molecule has 0 N–H and O–H groups in total. The first-order valence-corrected chi connectivity index (χ1v) is 6.60. The Bertz CT molecular complexity index is 419. The Balaban J connectivity index is 3.09. The lowest BCUT2D eigenvalue weighted by atomic mass is 9.95. The quantitative estimate of drug-likeness (QED) is 0.750. The molecular weight excluding hydrogens is 225 g/mol. The van der Waals surface area contributed by atoms with Crippen LogP contribution in [0.1, 0.15) is 38.3 Å². The molecule has 0 spiro atoms. The molecule has 0 fully saturated rings. The van der Waals surface area contributed by atoms with Crippen LogP contribution in [0.3, 0.4) is 0 Å². The average Bonchev–Trinajstić information content (AvgIpc) is 2.26. The molecule has 0 aliphatic heterocycles. The van der Waals surface area contributed by atoms with Crippen LogP contribution in [0, 0.1) is 11.7 Å². The summed E-state index contributed by atoms with van der Waals surface area (Å²) >= 11 is 0. The highest BCUT2D eigenvalue weighted by molar-refractivity contribution is 5.65. The summed E-state index contributed by atoms with van der Waals surface area (Å²) in [5.74, 6) is 0.466. The molecule has 100 valence electrons. The zero-order valence-electron chi connectivity index (χ0n) is 12.1. The number of hydrogen-bond acceptors (Lipinski definition) is 1. The van der Waals surface area contributed by atoms with Gasteiger partial charge in [0, 0.05) is 20.3 Å². The number of aryl methyl sites for hydroxylation is 1. The minimum absolute atomic E-state index is 0.0941. The monoisotopic (exact) mass is 249 g/mol. The van der Waals surface area contributed by atoms with E-state index < -0.39 is 0 Å². The maximum Gasteiger partial charge on any atom is 0.126 e. The smallest absolute Gasteiger partial charge is 0.126 e. The van der Waals surface area contributed by atoms with E-state index in [1.54, 1.807) is 6.07 Å². The van der Waals surface area contributed by atoms with Crippen molar-refractivity contribution in [2.45, 2.75) is 33.6 Å². The van der Waals surface area contributed by atoms with E-state index in [9.17, 15) is 4.39 Å². The predicted molar refractivity (Wildman–Crippen MR) is 76.9 cm³/mol. The predicted octanol–water partition coefficient (Wildman–Crippen LogP) is 4.34. The molecule has 0 saturated carbocycles. The molecule has 1 aromatic rings. The Morgan fingerprint density at radius 2 is 2.00 bits per heavy atom. The first kappa shape index (κ1) is 14.7. The third-order valence-corrected chi connectivity index (χ3v) is 2.85. The lowest BCUT2D eigenvalue weighted by molar-refractivity contribution is 0.559. The van der Waals surface area contributed by atoms with E-state index in [0.29, 0.717) is 5.92 Å². The standard InChI is InChI=1S/C16H24FN/c1-6-13-7-8-14(10-16(13)17)15(9-12(2)3)11-18(4)5/h7-8,10-12H,6,9H2,1-5H3. The second-order valence-electron chi connectivity index (χ2n) is 5.38. The number of rotatable bonds is 5. The molecule has 0 bridgehead atoms. The van der Waals surface area contributed by atoms with E-state index in [2.05, 4.69) is 20.0 Å². The lowest BCUT2D eigenvalue weighted by Gasteiger charge is -2.15. The fourth-order valence-corrected chi connectivity index (χ4v) is 2.03. The van der Waals surface area contributed by atoms with Crippen LogP contribution >= 0.6 is 0 Å². The van der Waals surface area contributed by atoms with E-state index in [4.69, 9.17) is 0 Å². The van der Waals surface area contributed by atoms with E-state index >= 15 is 0 Å². The highest BCUT2D eigenvalue weighted by atomic mass is 19.1. The maximum absolute atomic E-state index is 13.8. The Kier molecular flexibility index (Phi) is 5.39. The van der Waals surface area contributed by atoms with Crippen LogP contribution in [0.4, 0.5) is 4.39 Å². The Labute approximate surface area is 110 Å². The van der Waals surface area contributed by atoms with Crippen molar-refractivity contribution in [2.24, 2.45) is 5.92 Å². The Hall–Kier alpha value is -1.31. The van der Waals surface area contributed by atoms with Gasteiger partial charge in [-0.15, -0.1) is 0 Å². The molecule has 0 aliphatic carbocycles. The highest BCUT2D eigenvalue weighted by Gasteiger charge is 2.08. The summed E-state index contributed by atoms with van der Waals surface area (Å²) in [4.78, 5) is 2.02. The zero-order chi connectivity index (χ0) is 13.7.